The van der Waals surface area contributed by atoms with Crippen LogP contribution < -0.4 is 10.1 Å². The van der Waals surface area contributed by atoms with Crippen LogP contribution in [0.25, 0.3) is 0 Å². The van der Waals surface area contributed by atoms with Crippen LogP contribution >= 0.6 is 22.7 Å². The molecule has 0 fully saturated rings. The Balaban J connectivity index is 1.51. The summed E-state index contributed by atoms with van der Waals surface area (Å²) in [4.78, 5) is 26.8. The lowest BCUT2D eigenvalue weighted by molar-refractivity contribution is -0.120. The number of thiophene rings is 2. The first-order valence-electron chi connectivity index (χ1n) is 8.31. The van der Waals surface area contributed by atoms with Gasteiger partial charge in [0.25, 0.3) is 0 Å². The van der Waals surface area contributed by atoms with E-state index in [0.717, 1.165) is 21.1 Å². The molecule has 134 valence electrons. The molecule has 0 unspecified atom stereocenters. The van der Waals surface area contributed by atoms with Gasteiger partial charge in [0.15, 0.2) is 0 Å². The molecule has 3 rings (SSSR count). The first-order valence-corrected chi connectivity index (χ1v) is 10.0. The van der Waals surface area contributed by atoms with Gasteiger partial charge in [-0.2, -0.15) is 0 Å². The fourth-order valence-electron chi connectivity index (χ4n) is 2.43. The average molecular weight is 386 g/mol. The summed E-state index contributed by atoms with van der Waals surface area (Å²) in [6.07, 6.45) is 0.318. The van der Waals surface area contributed by atoms with Gasteiger partial charge in [0.2, 0.25) is 11.7 Å². The van der Waals surface area contributed by atoms with Crippen molar-refractivity contribution in [1.29, 1.82) is 0 Å². The van der Waals surface area contributed by atoms with Crippen LogP contribution in [0.2, 0.25) is 0 Å². The molecule has 4 nitrogen and oxygen atoms in total. The van der Waals surface area contributed by atoms with Gasteiger partial charge in [0.05, 0.1) is 29.3 Å². The van der Waals surface area contributed by atoms with Gasteiger partial charge in [0, 0.05) is 4.88 Å². The van der Waals surface area contributed by atoms with Crippen LogP contribution in [-0.2, 0) is 17.8 Å². The maximum atomic E-state index is 12.3. The molecule has 26 heavy (non-hydrogen) atoms. The Hall–Kier alpha value is -2.44. The minimum atomic E-state index is -0.0475. The summed E-state index contributed by atoms with van der Waals surface area (Å²) in [7, 11) is 0. The predicted octanol–water partition coefficient (Wildman–Crippen LogP) is 4.30. The van der Waals surface area contributed by atoms with E-state index in [9.17, 15) is 9.59 Å². The fourth-order valence-corrected chi connectivity index (χ4v) is 4.07. The maximum absolute atomic E-state index is 12.3. The normalized spacial score (nSPS) is 10.5. The van der Waals surface area contributed by atoms with Crippen molar-refractivity contribution in [3.63, 3.8) is 0 Å². The van der Waals surface area contributed by atoms with Crippen LogP contribution in [0.1, 0.15) is 31.9 Å². The molecule has 1 N–H and O–H groups in total. The Bertz CT molecular complexity index is 867. The third-order valence-electron chi connectivity index (χ3n) is 3.69. The minimum absolute atomic E-state index is 0.0389. The van der Waals surface area contributed by atoms with E-state index in [0.29, 0.717) is 24.4 Å². The predicted molar refractivity (Wildman–Crippen MR) is 105 cm³/mol. The highest BCUT2D eigenvalue weighted by Gasteiger charge is 2.13. The number of carbonyl (C=O) groups is 2. The summed E-state index contributed by atoms with van der Waals surface area (Å²) in [5.41, 5.74) is 0.936. The Kier molecular flexibility index (Phi) is 6.20. The van der Waals surface area contributed by atoms with Crippen molar-refractivity contribution in [3.8, 4) is 5.75 Å². The molecule has 2 heterocycles. The number of benzene rings is 1. The standard InChI is InChI=1S/C20H19NO3S2/c1-2-24-15-7-5-14(6-8-15)12-19(22)21-13-16-9-10-18(26-16)20(23)17-4-3-11-25-17/h3-11H,2,12-13H2,1H3,(H,21,22). The molecule has 0 bridgehead atoms. The second kappa shape index (κ2) is 8.78. The molecule has 3 aromatic rings. The molecular formula is C20H19NO3S2. The van der Waals surface area contributed by atoms with E-state index in [1.807, 2.05) is 60.8 Å². The maximum Gasteiger partial charge on any atom is 0.224 e. The Morgan fingerprint density at radius 3 is 2.54 bits per heavy atom. The molecule has 0 saturated heterocycles. The second-order valence-corrected chi connectivity index (χ2v) is 7.72. The van der Waals surface area contributed by atoms with E-state index >= 15 is 0 Å². The Labute approximate surface area is 160 Å². The molecule has 1 aromatic carbocycles. The van der Waals surface area contributed by atoms with Crippen LogP contribution in [-0.4, -0.2) is 18.3 Å². The third kappa shape index (κ3) is 4.80. The molecular weight excluding hydrogens is 366 g/mol. The molecule has 6 heteroatoms. The van der Waals surface area contributed by atoms with Gasteiger partial charge in [-0.25, -0.2) is 0 Å². The number of amides is 1. The molecule has 0 aliphatic heterocycles. The van der Waals surface area contributed by atoms with Gasteiger partial charge < -0.3 is 10.1 Å². The minimum Gasteiger partial charge on any atom is -0.494 e. The van der Waals surface area contributed by atoms with Crippen molar-refractivity contribution in [2.45, 2.75) is 19.9 Å². The number of hydrogen-bond acceptors (Lipinski definition) is 5. The highest BCUT2D eigenvalue weighted by Crippen LogP contribution is 2.22. The first kappa shape index (κ1) is 18.4. The zero-order chi connectivity index (χ0) is 18.4. The van der Waals surface area contributed by atoms with Crippen LogP contribution in [0, 0.1) is 0 Å². The summed E-state index contributed by atoms with van der Waals surface area (Å²) in [5, 5.41) is 4.80. The average Bonchev–Trinajstić information content (AvgIpc) is 3.33. The third-order valence-corrected chi connectivity index (χ3v) is 5.64. The van der Waals surface area contributed by atoms with Crippen molar-refractivity contribution in [1.82, 2.24) is 5.32 Å². The van der Waals surface area contributed by atoms with Crippen molar-refractivity contribution in [3.05, 3.63) is 74.1 Å². The van der Waals surface area contributed by atoms with Crippen LogP contribution in [0.15, 0.2) is 53.9 Å². The van der Waals surface area contributed by atoms with Gasteiger partial charge in [0.1, 0.15) is 5.75 Å². The molecule has 2 aromatic heterocycles. The zero-order valence-electron chi connectivity index (χ0n) is 14.4. The summed E-state index contributed by atoms with van der Waals surface area (Å²) in [5.74, 6) is 0.795. The molecule has 0 aliphatic rings. The van der Waals surface area contributed by atoms with Crippen molar-refractivity contribution >= 4 is 34.4 Å². The van der Waals surface area contributed by atoms with Gasteiger partial charge >= 0.3 is 0 Å². The molecule has 0 atom stereocenters. The van der Waals surface area contributed by atoms with Gasteiger partial charge in [-0.3, -0.25) is 9.59 Å². The van der Waals surface area contributed by atoms with Crippen LogP contribution in [0.4, 0.5) is 0 Å². The van der Waals surface area contributed by atoms with E-state index in [1.165, 1.54) is 22.7 Å². The van der Waals surface area contributed by atoms with E-state index in [1.54, 1.807) is 0 Å². The van der Waals surface area contributed by atoms with Gasteiger partial charge in [-0.15, -0.1) is 22.7 Å². The second-order valence-electron chi connectivity index (χ2n) is 5.60. The molecule has 0 saturated carbocycles. The van der Waals surface area contributed by atoms with Gasteiger partial charge in [-0.1, -0.05) is 18.2 Å². The smallest absolute Gasteiger partial charge is 0.224 e. The van der Waals surface area contributed by atoms with Gasteiger partial charge in [-0.05, 0) is 48.2 Å². The lowest BCUT2D eigenvalue weighted by atomic mass is 10.1. The summed E-state index contributed by atoms with van der Waals surface area (Å²) >= 11 is 2.86. The SMILES string of the molecule is CCOc1ccc(CC(=O)NCc2ccc(C(=O)c3cccs3)s2)cc1. The number of hydrogen-bond donors (Lipinski definition) is 1. The highest BCUT2D eigenvalue weighted by atomic mass is 32.1. The summed E-state index contributed by atoms with van der Waals surface area (Å²) < 4.78 is 5.39. The topological polar surface area (TPSA) is 55.4 Å². The van der Waals surface area contributed by atoms with E-state index in [2.05, 4.69) is 5.32 Å². The van der Waals surface area contributed by atoms with Crippen molar-refractivity contribution in [2.24, 2.45) is 0 Å². The lowest BCUT2D eigenvalue weighted by Crippen LogP contribution is -2.24. The van der Waals surface area contributed by atoms with E-state index in [-0.39, 0.29) is 11.7 Å². The quantitative estimate of drug-likeness (QED) is 0.588. The monoisotopic (exact) mass is 385 g/mol. The van der Waals surface area contributed by atoms with Crippen LogP contribution in [0.3, 0.4) is 0 Å². The van der Waals surface area contributed by atoms with Crippen LogP contribution in [0.5, 0.6) is 5.75 Å². The number of rotatable bonds is 8. The highest BCUT2D eigenvalue weighted by molar-refractivity contribution is 7.16. The molecule has 0 radical (unpaired) electrons. The first-order chi connectivity index (χ1) is 12.7. The number of ketones is 1. The largest absolute Gasteiger partial charge is 0.494 e. The fraction of sp³-hybridized carbons (Fsp3) is 0.200. The Morgan fingerprint density at radius 1 is 1.04 bits per heavy atom. The van der Waals surface area contributed by atoms with E-state index < -0.39 is 0 Å². The zero-order valence-corrected chi connectivity index (χ0v) is 16.0. The van der Waals surface area contributed by atoms with Crippen molar-refractivity contribution in [2.75, 3.05) is 6.61 Å². The molecule has 0 spiro atoms. The summed E-state index contributed by atoms with van der Waals surface area (Å²) in [6, 6.07) is 14.9. The van der Waals surface area contributed by atoms with E-state index in [4.69, 9.17) is 4.74 Å². The van der Waals surface area contributed by atoms with Crippen molar-refractivity contribution < 1.29 is 14.3 Å². The number of nitrogens with one attached hydrogen (secondary N) is 1. The molecule has 0 aliphatic carbocycles. The Morgan fingerprint density at radius 2 is 1.85 bits per heavy atom. The summed E-state index contributed by atoms with van der Waals surface area (Å²) in [6.45, 7) is 2.99. The molecule has 1 amide bonds. The number of carbonyl (C=O) groups excluding carboxylic acids is 2. The lowest BCUT2D eigenvalue weighted by Gasteiger charge is -2.06. The number of ether oxygens (including phenoxy) is 1.